The second-order valence-electron chi connectivity index (χ2n) is 5.21. The van der Waals surface area contributed by atoms with E-state index in [1.807, 2.05) is 38.1 Å². The van der Waals surface area contributed by atoms with Crippen molar-refractivity contribution < 1.29 is 9.18 Å². The summed E-state index contributed by atoms with van der Waals surface area (Å²) in [5, 5.41) is 2.96. The van der Waals surface area contributed by atoms with Gasteiger partial charge in [-0.05, 0) is 65.7 Å². The van der Waals surface area contributed by atoms with Crippen molar-refractivity contribution in [2.45, 2.75) is 19.4 Å². The van der Waals surface area contributed by atoms with Gasteiger partial charge in [0, 0.05) is 10.0 Å². The number of hydrogen-bond donors (Lipinski definition) is 1. The van der Waals surface area contributed by atoms with Gasteiger partial charge in [0.15, 0.2) is 0 Å². The van der Waals surface area contributed by atoms with Gasteiger partial charge in [0.05, 0.1) is 10.0 Å². The third-order valence-electron chi connectivity index (χ3n) is 3.17. The van der Waals surface area contributed by atoms with E-state index < -0.39 is 11.4 Å². The normalized spacial score (nSPS) is 11.3. The lowest BCUT2D eigenvalue weighted by Gasteiger charge is -2.27. The maximum atomic E-state index is 13.2. The van der Waals surface area contributed by atoms with Gasteiger partial charge in [-0.2, -0.15) is 0 Å². The summed E-state index contributed by atoms with van der Waals surface area (Å²) in [5.41, 5.74) is 0.868. The quantitative estimate of drug-likeness (QED) is 0.750. The molecule has 0 saturated heterocycles. The molecule has 5 heteroatoms. The van der Waals surface area contributed by atoms with Gasteiger partial charge in [-0.25, -0.2) is 4.39 Å². The Morgan fingerprint density at radius 2 is 1.71 bits per heavy atom. The molecule has 21 heavy (non-hydrogen) atoms. The first-order chi connectivity index (χ1) is 9.79. The van der Waals surface area contributed by atoms with Crippen molar-refractivity contribution in [3.63, 3.8) is 0 Å². The Labute approximate surface area is 140 Å². The van der Waals surface area contributed by atoms with Crippen molar-refractivity contribution in [2.24, 2.45) is 0 Å². The summed E-state index contributed by atoms with van der Waals surface area (Å²) in [6.07, 6.45) is 0. The molecule has 0 fully saturated rings. The maximum absolute atomic E-state index is 13.2. The molecule has 0 aromatic heterocycles. The van der Waals surface area contributed by atoms with Gasteiger partial charge in [-0.1, -0.05) is 28.1 Å². The zero-order chi connectivity index (χ0) is 15.6. The highest BCUT2D eigenvalue weighted by atomic mass is 79.9. The topological polar surface area (TPSA) is 29.1 Å². The van der Waals surface area contributed by atoms with Crippen LogP contribution in [0.3, 0.4) is 0 Å². The van der Waals surface area contributed by atoms with Gasteiger partial charge in [-0.15, -0.1) is 0 Å². The van der Waals surface area contributed by atoms with Crippen LogP contribution in [0.25, 0.3) is 0 Å². The summed E-state index contributed by atoms with van der Waals surface area (Å²) in [7, 11) is 0. The van der Waals surface area contributed by atoms with Crippen LogP contribution in [0.15, 0.2) is 51.4 Å². The zero-order valence-electron chi connectivity index (χ0n) is 11.6. The maximum Gasteiger partial charge on any atom is 0.251 e. The minimum Gasteiger partial charge on any atom is -0.343 e. The molecule has 1 amide bonds. The Kier molecular flexibility index (Phi) is 4.84. The highest BCUT2D eigenvalue weighted by Gasteiger charge is 2.23. The molecule has 0 saturated carbocycles. The number of rotatable bonds is 3. The molecule has 0 aliphatic carbocycles. The van der Waals surface area contributed by atoms with Crippen molar-refractivity contribution in [3.05, 3.63) is 68.4 Å². The van der Waals surface area contributed by atoms with Crippen molar-refractivity contribution in [2.75, 3.05) is 0 Å². The minimum absolute atomic E-state index is 0.247. The van der Waals surface area contributed by atoms with E-state index in [4.69, 9.17) is 0 Å². The Balaban J connectivity index is 2.21. The molecule has 2 nitrogen and oxygen atoms in total. The Morgan fingerprint density at radius 3 is 2.29 bits per heavy atom. The summed E-state index contributed by atoms with van der Waals surface area (Å²) >= 11 is 6.47. The van der Waals surface area contributed by atoms with Crippen molar-refractivity contribution >= 4 is 37.8 Å². The fraction of sp³-hybridized carbons (Fsp3) is 0.188. The number of halogens is 3. The van der Waals surface area contributed by atoms with E-state index in [0.29, 0.717) is 5.56 Å². The average Bonchev–Trinajstić information content (AvgIpc) is 2.41. The van der Waals surface area contributed by atoms with Gasteiger partial charge in [0.1, 0.15) is 5.82 Å². The SMILES string of the molecule is CC(C)(NC(=O)c1ccc(F)c(Br)c1)c1ccc(Br)cc1. The minimum atomic E-state index is -0.529. The smallest absolute Gasteiger partial charge is 0.251 e. The van der Waals surface area contributed by atoms with Crippen molar-refractivity contribution in [1.82, 2.24) is 5.32 Å². The molecule has 0 unspecified atom stereocenters. The molecule has 0 aliphatic heterocycles. The van der Waals surface area contributed by atoms with Crippen molar-refractivity contribution in [3.8, 4) is 0 Å². The molecule has 1 N–H and O–H groups in total. The largest absolute Gasteiger partial charge is 0.343 e. The van der Waals surface area contributed by atoms with Gasteiger partial charge >= 0.3 is 0 Å². The lowest BCUT2D eigenvalue weighted by molar-refractivity contribution is 0.0912. The molecule has 2 aromatic carbocycles. The van der Waals surface area contributed by atoms with E-state index in [1.54, 1.807) is 0 Å². The van der Waals surface area contributed by atoms with Crippen LogP contribution in [-0.4, -0.2) is 5.91 Å². The number of amides is 1. The van der Waals surface area contributed by atoms with Gasteiger partial charge in [0.25, 0.3) is 5.91 Å². The first-order valence-corrected chi connectivity index (χ1v) is 7.92. The second kappa shape index (κ2) is 6.28. The third kappa shape index (κ3) is 3.92. The molecule has 0 bridgehead atoms. The number of carbonyl (C=O) groups is 1. The Morgan fingerprint density at radius 1 is 1.10 bits per heavy atom. The van der Waals surface area contributed by atoms with E-state index >= 15 is 0 Å². The fourth-order valence-corrected chi connectivity index (χ4v) is 2.58. The van der Waals surface area contributed by atoms with Crippen LogP contribution in [0.4, 0.5) is 4.39 Å². The summed E-state index contributed by atoms with van der Waals surface area (Å²) in [4.78, 5) is 12.3. The summed E-state index contributed by atoms with van der Waals surface area (Å²) in [5.74, 6) is -0.637. The molecule has 110 valence electrons. The number of hydrogen-bond acceptors (Lipinski definition) is 1. The zero-order valence-corrected chi connectivity index (χ0v) is 14.8. The summed E-state index contributed by atoms with van der Waals surface area (Å²) < 4.78 is 14.5. The lowest BCUT2D eigenvalue weighted by Crippen LogP contribution is -2.41. The highest BCUT2D eigenvalue weighted by Crippen LogP contribution is 2.23. The van der Waals surface area contributed by atoms with Gasteiger partial charge in [-0.3, -0.25) is 4.79 Å². The van der Waals surface area contributed by atoms with E-state index in [0.717, 1.165) is 10.0 Å². The molecular formula is C16H14Br2FNO. The predicted octanol–water partition coefficient (Wildman–Crippen LogP) is 5.02. The summed E-state index contributed by atoms with van der Waals surface area (Å²) in [6.45, 7) is 3.85. The van der Waals surface area contributed by atoms with Crippen LogP contribution in [-0.2, 0) is 5.54 Å². The molecule has 0 heterocycles. The monoisotopic (exact) mass is 413 g/mol. The van der Waals surface area contributed by atoms with Gasteiger partial charge in [0.2, 0.25) is 0 Å². The van der Waals surface area contributed by atoms with Crippen LogP contribution in [0.5, 0.6) is 0 Å². The summed E-state index contributed by atoms with van der Waals surface area (Å²) in [6, 6.07) is 12.0. The fourth-order valence-electron chi connectivity index (χ4n) is 1.93. The molecule has 0 spiro atoms. The predicted molar refractivity (Wildman–Crippen MR) is 88.7 cm³/mol. The first-order valence-electron chi connectivity index (χ1n) is 6.33. The van der Waals surface area contributed by atoms with Crippen LogP contribution < -0.4 is 5.32 Å². The first kappa shape index (κ1) is 16.2. The number of nitrogens with one attached hydrogen (secondary N) is 1. The molecule has 0 radical (unpaired) electrons. The van der Waals surface area contributed by atoms with Crippen LogP contribution in [0.2, 0.25) is 0 Å². The Hall–Kier alpha value is -1.20. The van der Waals surface area contributed by atoms with Gasteiger partial charge < -0.3 is 5.32 Å². The number of carbonyl (C=O) groups excluding carboxylic acids is 1. The van der Waals surface area contributed by atoms with Crippen LogP contribution >= 0.6 is 31.9 Å². The van der Waals surface area contributed by atoms with E-state index in [1.165, 1.54) is 18.2 Å². The molecule has 2 aromatic rings. The second-order valence-corrected chi connectivity index (χ2v) is 6.98. The average molecular weight is 415 g/mol. The lowest BCUT2D eigenvalue weighted by atomic mass is 9.94. The van der Waals surface area contributed by atoms with Crippen molar-refractivity contribution in [1.29, 1.82) is 0 Å². The van der Waals surface area contributed by atoms with Crippen LogP contribution in [0.1, 0.15) is 29.8 Å². The molecule has 0 aliphatic rings. The highest BCUT2D eigenvalue weighted by molar-refractivity contribution is 9.10. The molecule has 0 atom stereocenters. The molecule has 2 rings (SSSR count). The standard InChI is InChI=1S/C16H14Br2FNO/c1-16(2,11-4-6-12(17)7-5-11)20-15(21)10-3-8-14(19)13(18)9-10/h3-9H,1-2H3,(H,20,21). The van der Waals surface area contributed by atoms with E-state index in [9.17, 15) is 9.18 Å². The van der Waals surface area contributed by atoms with Crippen LogP contribution in [0, 0.1) is 5.82 Å². The van der Waals surface area contributed by atoms with E-state index in [-0.39, 0.29) is 10.4 Å². The van der Waals surface area contributed by atoms with E-state index in [2.05, 4.69) is 37.2 Å². The Bertz CT molecular complexity index is 668. The third-order valence-corrected chi connectivity index (χ3v) is 4.31. The number of benzene rings is 2. The molecular weight excluding hydrogens is 401 g/mol.